The zero-order valence-electron chi connectivity index (χ0n) is 25.0. The lowest BCUT2D eigenvalue weighted by Gasteiger charge is -2.56. The summed E-state index contributed by atoms with van der Waals surface area (Å²) in [6, 6.07) is 12.8. The van der Waals surface area contributed by atoms with Crippen LogP contribution in [0.15, 0.2) is 58.7 Å². The molecule has 228 valence electrons. The molecule has 0 saturated heterocycles. The summed E-state index contributed by atoms with van der Waals surface area (Å²) in [5.41, 5.74) is 8.97. The molecule has 5 saturated carbocycles. The van der Waals surface area contributed by atoms with E-state index in [1.165, 1.54) is 42.5 Å². The van der Waals surface area contributed by atoms with E-state index in [4.69, 9.17) is 15.7 Å². The van der Waals surface area contributed by atoms with Gasteiger partial charge in [0.15, 0.2) is 5.65 Å². The number of aromatic nitrogens is 4. The molecular formula is C34H39N7O2S. The number of fused-ring (bicyclic) bond motifs is 3. The Hall–Kier alpha value is -3.71. The fraction of sp³-hybridized carbons (Fsp3) is 0.529. The predicted octanol–water partition coefficient (Wildman–Crippen LogP) is 6.34. The highest BCUT2D eigenvalue weighted by Crippen LogP contribution is 2.60. The normalized spacial score (nSPS) is 30.2. The molecule has 5 aliphatic rings. The monoisotopic (exact) mass is 609 g/mol. The van der Waals surface area contributed by atoms with Gasteiger partial charge < -0.3 is 10.3 Å². The van der Waals surface area contributed by atoms with Crippen LogP contribution in [0.2, 0.25) is 0 Å². The van der Waals surface area contributed by atoms with Crippen LogP contribution in [0, 0.1) is 40.4 Å². The minimum absolute atomic E-state index is 0.0405. The van der Waals surface area contributed by atoms with Gasteiger partial charge in [-0.05, 0) is 106 Å². The Bertz CT molecular complexity index is 1870. The van der Waals surface area contributed by atoms with Crippen molar-refractivity contribution in [2.75, 3.05) is 0 Å². The summed E-state index contributed by atoms with van der Waals surface area (Å²) in [4.78, 5) is 15.0. The van der Waals surface area contributed by atoms with Crippen LogP contribution in [0.1, 0.15) is 82.5 Å². The van der Waals surface area contributed by atoms with E-state index in [-0.39, 0.29) is 16.4 Å². The molecule has 44 heavy (non-hydrogen) atoms. The highest BCUT2D eigenvalue weighted by Gasteiger charge is 2.52. The zero-order chi connectivity index (χ0) is 30.1. The van der Waals surface area contributed by atoms with Crippen molar-refractivity contribution >= 4 is 37.9 Å². The van der Waals surface area contributed by atoms with Gasteiger partial charge in [0.05, 0.1) is 29.2 Å². The molecule has 10 heteroatoms. The number of imidazole rings is 1. The third-order valence-electron chi connectivity index (χ3n) is 11.2. The molecule has 3 aromatic heterocycles. The molecule has 5 aliphatic carbocycles. The summed E-state index contributed by atoms with van der Waals surface area (Å²) in [5.74, 6) is 4.44. The predicted molar refractivity (Wildman–Crippen MR) is 169 cm³/mol. The van der Waals surface area contributed by atoms with E-state index in [0.29, 0.717) is 24.5 Å². The highest BCUT2D eigenvalue weighted by molar-refractivity contribution is 7.90. The molecule has 0 atom stereocenters. The Morgan fingerprint density at radius 1 is 1.02 bits per heavy atom. The van der Waals surface area contributed by atoms with Crippen LogP contribution in [-0.2, 0) is 16.6 Å². The van der Waals surface area contributed by atoms with Crippen molar-refractivity contribution in [3.8, 4) is 6.07 Å². The third kappa shape index (κ3) is 4.46. The summed E-state index contributed by atoms with van der Waals surface area (Å²) >= 11 is 0. The largest absolute Gasteiger partial charge is 0.387 e. The minimum atomic E-state index is -3.82. The minimum Gasteiger partial charge on any atom is -0.387 e. The van der Waals surface area contributed by atoms with E-state index in [9.17, 15) is 13.7 Å². The number of nitrogens with zero attached hydrogens (tertiary/aromatic N) is 6. The fourth-order valence-corrected chi connectivity index (χ4v) is 10.9. The van der Waals surface area contributed by atoms with E-state index in [2.05, 4.69) is 15.6 Å². The van der Waals surface area contributed by atoms with Gasteiger partial charge in [-0.2, -0.15) is 5.26 Å². The third-order valence-corrected chi connectivity index (χ3v) is 12.9. The van der Waals surface area contributed by atoms with Crippen LogP contribution in [-0.4, -0.2) is 32.8 Å². The SMILES string of the molecule is N#CC[C@H]1CC[C@H](n2c(CN=C(N)C34CC5CC(CC(C5)C3)C4)nc3cnc4c(ccn4S(=O)(=O)c4ccccc4)c32)CC1. The maximum atomic E-state index is 13.6. The molecule has 0 aliphatic heterocycles. The molecular weight excluding hydrogens is 570 g/mol. The smallest absolute Gasteiger partial charge is 0.269 e. The maximum absolute atomic E-state index is 13.6. The van der Waals surface area contributed by atoms with Crippen LogP contribution in [0.4, 0.5) is 0 Å². The summed E-state index contributed by atoms with van der Waals surface area (Å²) in [6.07, 6.45) is 15.3. The van der Waals surface area contributed by atoms with Crippen molar-refractivity contribution in [2.45, 2.75) is 88.1 Å². The first-order valence-electron chi connectivity index (χ1n) is 16.2. The standard InChI is InChI=1S/C34H39N7O2S/c35-12-10-22-6-8-26(9-7-22)41-30(21-38-33(36)34-17-23-14-24(18-34)16-25(15-23)19-34)39-29-20-37-32-28(31(29)41)11-13-40(32)44(42,43)27-4-2-1-3-5-27/h1-5,11,13,20,22-26H,6-10,14-19,21H2,(H2,36,38)/t22-,23?,24?,25?,26-,34?. The number of hydrogen-bond acceptors (Lipinski definition) is 6. The quantitative estimate of drug-likeness (QED) is 0.192. The number of benzene rings is 1. The molecule has 0 amide bonds. The molecule has 4 bridgehead atoms. The molecule has 2 N–H and O–H groups in total. The van der Waals surface area contributed by atoms with E-state index in [1.54, 1.807) is 42.7 Å². The highest BCUT2D eigenvalue weighted by atomic mass is 32.2. The van der Waals surface area contributed by atoms with Crippen molar-refractivity contribution in [3.63, 3.8) is 0 Å². The van der Waals surface area contributed by atoms with Gasteiger partial charge >= 0.3 is 0 Å². The first-order valence-corrected chi connectivity index (χ1v) is 17.6. The molecule has 0 spiro atoms. The van der Waals surface area contributed by atoms with Crippen molar-refractivity contribution in [2.24, 2.45) is 39.8 Å². The van der Waals surface area contributed by atoms with Gasteiger partial charge in [-0.3, -0.25) is 4.99 Å². The molecule has 1 aromatic carbocycles. The second-order valence-corrected chi connectivity index (χ2v) is 15.8. The van der Waals surface area contributed by atoms with Crippen LogP contribution in [0.3, 0.4) is 0 Å². The van der Waals surface area contributed by atoms with Crippen LogP contribution >= 0.6 is 0 Å². The topological polar surface area (TPSA) is 132 Å². The van der Waals surface area contributed by atoms with Crippen molar-refractivity contribution in [3.05, 3.63) is 54.6 Å². The zero-order valence-corrected chi connectivity index (χ0v) is 25.8. The second kappa shape index (κ2) is 10.4. The lowest BCUT2D eigenvalue weighted by atomic mass is 9.49. The van der Waals surface area contributed by atoms with Crippen molar-refractivity contribution < 1.29 is 8.42 Å². The lowest BCUT2D eigenvalue weighted by molar-refractivity contribution is -0.0131. The van der Waals surface area contributed by atoms with Gasteiger partial charge in [0.25, 0.3) is 10.0 Å². The Morgan fingerprint density at radius 3 is 2.36 bits per heavy atom. The van der Waals surface area contributed by atoms with Gasteiger partial charge in [0, 0.05) is 29.5 Å². The summed E-state index contributed by atoms with van der Waals surface area (Å²) < 4.78 is 30.8. The first kappa shape index (κ1) is 27.8. The van der Waals surface area contributed by atoms with Gasteiger partial charge in [0.2, 0.25) is 0 Å². The lowest BCUT2D eigenvalue weighted by Crippen LogP contribution is -2.52. The molecule has 5 fully saturated rings. The van der Waals surface area contributed by atoms with E-state index >= 15 is 0 Å². The second-order valence-electron chi connectivity index (χ2n) is 14.0. The molecule has 0 unspecified atom stereocenters. The molecule has 4 aromatic rings. The summed E-state index contributed by atoms with van der Waals surface area (Å²) in [6.45, 7) is 0.394. The van der Waals surface area contributed by atoms with Crippen LogP contribution in [0.5, 0.6) is 0 Å². The number of rotatable bonds is 7. The fourth-order valence-electron chi connectivity index (χ4n) is 9.58. The van der Waals surface area contributed by atoms with Crippen LogP contribution in [0.25, 0.3) is 22.1 Å². The Balaban J connectivity index is 1.21. The van der Waals surface area contributed by atoms with E-state index in [0.717, 1.165) is 71.5 Å². The van der Waals surface area contributed by atoms with Gasteiger partial charge in [0.1, 0.15) is 17.2 Å². The molecule has 9 nitrogen and oxygen atoms in total. The Morgan fingerprint density at radius 2 is 1.70 bits per heavy atom. The number of amidine groups is 1. The number of nitrogens with two attached hydrogens (primary N) is 1. The molecule has 0 radical (unpaired) electrons. The molecule has 3 heterocycles. The van der Waals surface area contributed by atoms with Gasteiger partial charge in [-0.1, -0.05) is 18.2 Å². The Kier molecular flexibility index (Phi) is 6.60. The average molecular weight is 610 g/mol. The number of nitriles is 1. The van der Waals surface area contributed by atoms with Gasteiger partial charge in [-0.25, -0.2) is 22.4 Å². The average Bonchev–Trinajstić information content (AvgIpc) is 3.62. The van der Waals surface area contributed by atoms with Crippen molar-refractivity contribution in [1.82, 2.24) is 18.5 Å². The number of hydrogen-bond donors (Lipinski definition) is 1. The molecule has 9 rings (SSSR count). The maximum Gasteiger partial charge on any atom is 0.269 e. The summed E-state index contributed by atoms with van der Waals surface area (Å²) in [5, 5.41) is 10.0. The van der Waals surface area contributed by atoms with Crippen molar-refractivity contribution in [1.29, 1.82) is 5.26 Å². The Labute approximate surface area is 258 Å². The van der Waals surface area contributed by atoms with E-state index < -0.39 is 10.0 Å². The van der Waals surface area contributed by atoms with Crippen LogP contribution < -0.4 is 5.73 Å². The number of pyridine rings is 1. The van der Waals surface area contributed by atoms with Gasteiger partial charge in [-0.15, -0.1) is 0 Å². The number of aliphatic imine (C=N–C) groups is 1. The first-order chi connectivity index (χ1) is 21.3. The summed E-state index contributed by atoms with van der Waals surface area (Å²) in [7, 11) is -3.82. The van der Waals surface area contributed by atoms with E-state index in [1.807, 2.05) is 6.07 Å².